The Balaban J connectivity index is 1.90. The first-order valence-electron chi connectivity index (χ1n) is 5.70. The van der Waals surface area contributed by atoms with Gasteiger partial charge < -0.3 is 9.84 Å². The number of rotatable bonds is 1. The highest BCUT2D eigenvalue weighted by atomic mass is 16.5. The fraction of sp³-hybridized carbons (Fsp3) is 0.833. The Kier molecular flexibility index (Phi) is 1.10. The van der Waals surface area contributed by atoms with E-state index in [-0.39, 0.29) is 17.1 Å². The predicted octanol–water partition coefficient (Wildman–Crippen LogP) is 1.35. The fourth-order valence-corrected chi connectivity index (χ4v) is 5.26. The fourth-order valence-electron chi connectivity index (χ4n) is 5.26. The highest BCUT2D eigenvalue weighted by Gasteiger charge is 2.89. The van der Waals surface area contributed by atoms with Gasteiger partial charge in [-0.05, 0) is 25.2 Å². The van der Waals surface area contributed by atoms with Gasteiger partial charge in [0.2, 0.25) is 0 Å². The monoisotopic (exact) mass is 192 g/mol. The summed E-state index contributed by atoms with van der Waals surface area (Å²) >= 11 is 0. The summed E-state index contributed by atoms with van der Waals surface area (Å²) in [5.41, 5.74) is 0.161. The number of hydrogen-bond acceptors (Lipinski definition) is 2. The van der Waals surface area contributed by atoms with Gasteiger partial charge in [0.1, 0.15) is 0 Å². The zero-order valence-electron chi connectivity index (χ0n) is 8.44. The molecule has 0 bridgehead atoms. The minimum atomic E-state index is -0.104. The predicted molar refractivity (Wildman–Crippen MR) is 51.6 cm³/mol. The molecule has 0 saturated heterocycles. The van der Waals surface area contributed by atoms with Crippen molar-refractivity contribution in [1.29, 1.82) is 0 Å². The van der Waals surface area contributed by atoms with E-state index >= 15 is 0 Å². The van der Waals surface area contributed by atoms with Crippen LogP contribution in [0.5, 0.6) is 0 Å². The SMILES string of the molecule is CO[C@@]12[C@H]3C=C[C@@H]1[C@]21[C@@H](CC[C@H]1O)C3. The van der Waals surface area contributed by atoms with E-state index in [1.807, 2.05) is 7.11 Å². The molecule has 2 heteroatoms. The van der Waals surface area contributed by atoms with Crippen molar-refractivity contribution in [3.8, 4) is 0 Å². The van der Waals surface area contributed by atoms with Gasteiger partial charge in [0.15, 0.2) is 0 Å². The van der Waals surface area contributed by atoms with Gasteiger partial charge in [-0.25, -0.2) is 0 Å². The van der Waals surface area contributed by atoms with Crippen LogP contribution in [0.3, 0.4) is 0 Å². The molecule has 1 spiro atoms. The van der Waals surface area contributed by atoms with E-state index in [0.717, 1.165) is 12.3 Å². The van der Waals surface area contributed by atoms with Gasteiger partial charge in [-0.1, -0.05) is 12.2 Å². The van der Waals surface area contributed by atoms with Crippen molar-refractivity contribution < 1.29 is 9.84 Å². The molecule has 2 nitrogen and oxygen atoms in total. The van der Waals surface area contributed by atoms with Gasteiger partial charge in [-0.15, -0.1) is 0 Å². The van der Waals surface area contributed by atoms with Crippen LogP contribution in [0.2, 0.25) is 0 Å². The van der Waals surface area contributed by atoms with Crippen molar-refractivity contribution >= 4 is 0 Å². The summed E-state index contributed by atoms with van der Waals surface area (Å²) in [6.45, 7) is 0. The Bertz CT molecular complexity index is 337. The van der Waals surface area contributed by atoms with E-state index in [2.05, 4.69) is 12.2 Å². The molecule has 0 aromatic rings. The first kappa shape index (κ1) is 7.89. The third-order valence-electron chi connectivity index (χ3n) is 5.55. The molecule has 6 atom stereocenters. The van der Waals surface area contributed by atoms with E-state index in [4.69, 9.17) is 4.74 Å². The molecule has 3 fully saturated rings. The van der Waals surface area contributed by atoms with E-state index in [9.17, 15) is 5.11 Å². The largest absolute Gasteiger partial charge is 0.392 e. The van der Waals surface area contributed by atoms with Crippen molar-refractivity contribution in [2.24, 2.45) is 23.2 Å². The molecule has 4 aliphatic rings. The van der Waals surface area contributed by atoms with Crippen LogP contribution in [-0.4, -0.2) is 23.9 Å². The summed E-state index contributed by atoms with van der Waals surface area (Å²) in [7, 11) is 1.83. The summed E-state index contributed by atoms with van der Waals surface area (Å²) in [5.74, 6) is 1.85. The summed E-state index contributed by atoms with van der Waals surface area (Å²) < 4.78 is 5.81. The smallest absolute Gasteiger partial charge is 0.0900 e. The molecule has 14 heavy (non-hydrogen) atoms. The number of ether oxygens (including phenoxy) is 1. The van der Waals surface area contributed by atoms with Crippen molar-refractivity contribution in [1.82, 2.24) is 0 Å². The minimum absolute atomic E-state index is 0.0214. The van der Waals surface area contributed by atoms with Gasteiger partial charge in [0, 0.05) is 24.4 Å². The zero-order chi connectivity index (χ0) is 9.55. The minimum Gasteiger partial charge on any atom is -0.392 e. The Morgan fingerprint density at radius 1 is 1.36 bits per heavy atom. The van der Waals surface area contributed by atoms with Crippen LogP contribution in [0.4, 0.5) is 0 Å². The first-order chi connectivity index (χ1) is 6.78. The molecule has 0 unspecified atom stereocenters. The second kappa shape index (κ2) is 1.96. The highest BCUT2D eigenvalue weighted by molar-refractivity contribution is 5.46. The topological polar surface area (TPSA) is 29.5 Å². The van der Waals surface area contributed by atoms with E-state index in [0.29, 0.717) is 11.8 Å². The lowest BCUT2D eigenvalue weighted by Crippen LogP contribution is -2.30. The van der Waals surface area contributed by atoms with Crippen molar-refractivity contribution in [3.63, 3.8) is 0 Å². The van der Waals surface area contributed by atoms with E-state index in [1.54, 1.807) is 0 Å². The molecular weight excluding hydrogens is 176 g/mol. The van der Waals surface area contributed by atoms with Gasteiger partial charge in [-0.3, -0.25) is 0 Å². The average molecular weight is 192 g/mol. The maximum Gasteiger partial charge on any atom is 0.0900 e. The van der Waals surface area contributed by atoms with Crippen molar-refractivity contribution in [2.75, 3.05) is 7.11 Å². The molecule has 4 rings (SSSR count). The Morgan fingerprint density at radius 2 is 2.21 bits per heavy atom. The van der Waals surface area contributed by atoms with E-state index in [1.165, 1.54) is 12.8 Å². The van der Waals surface area contributed by atoms with Crippen LogP contribution in [0.25, 0.3) is 0 Å². The average Bonchev–Trinajstić information content (AvgIpc) is 2.42. The summed E-state index contributed by atoms with van der Waals surface area (Å²) in [6, 6.07) is 0. The van der Waals surface area contributed by atoms with Crippen LogP contribution in [-0.2, 0) is 4.74 Å². The second-order valence-electron chi connectivity index (χ2n) is 5.43. The number of aliphatic hydroxyl groups is 1. The molecule has 0 radical (unpaired) electrons. The second-order valence-corrected chi connectivity index (χ2v) is 5.43. The van der Waals surface area contributed by atoms with E-state index < -0.39 is 0 Å². The molecule has 76 valence electrons. The number of hydrogen-bond donors (Lipinski definition) is 1. The van der Waals surface area contributed by atoms with Crippen molar-refractivity contribution in [3.05, 3.63) is 12.2 Å². The Labute approximate surface area is 83.9 Å². The molecule has 0 heterocycles. The third kappa shape index (κ3) is 0.460. The molecule has 0 aliphatic heterocycles. The van der Waals surface area contributed by atoms with Gasteiger partial charge in [0.05, 0.1) is 11.7 Å². The zero-order valence-corrected chi connectivity index (χ0v) is 8.44. The maximum absolute atomic E-state index is 10.2. The molecule has 0 aromatic heterocycles. The molecule has 4 aliphatic carbocycles. The third-order valence-corrected chi connectivity index (χ3v) is 5.55. The normalized spacial score (nSPS) is 67.0. The molecule has 0 aromatic carbocycles. The van der Waals surface area contributed by atoms with Crippen LogP contribution in [0, 0.1) is 23.2 Å². The summed E-state index contributed by atoms with van der Waals surface area (Å²) in [5, 5.41) is 10.2. The molecule has 1 N–H and O–H groups in total. The van der Waals surface area contributed by atoms with Gasteiger partial charge in [0.25, 0.3) is 0 Å². The number of methoxy groups -OCH3 is 1. The standard InChI is InChI=1S/C12H16O2/c1-14-12-8-2-4-9(12)11(12)7(6-8)3-5-10(11)13/h2,4,7-10,13H,3,5-6H2,1H3/t7-,8-,9+,10+,11-,12-/m0/s1. The first-order valence-corrected chi connectivity index (χ1v) is 5.70. The lowest BCUT2D eigenvalue weighted by atomic mass is 9.90. The van der Waals surface area contributed by atoms with Gasteiger partial charge >= 0.3 is 0 Å². The van der Waals surface area contributed by atoms with Crippen LogP contribution < -0.4 is 0 Å². The van der Waals surface area contributed by atoms with Crippen LogP contribution >= 0.6 is 0 Å². The summed E-state index contributed by atoms with van der Waals surface area (Å²) in [4.78, 5) is 0. The Morgan fingerprint density at radius 3 is 2.93 bits per heavy atom. The van der Waals surface area contributed by atoms with Crippen molar-refractivity contribution in [2.45, 2.75) is 31.0 Å². The lowest BCUT2D eigenvalue weighted by Gasteiger charge is -2.22. The molecule has 3 saturated carbocycles. The van der Waals surface area contributed by atoms with Crippen LogP contribution in [0.15, 0.2) is 12.2 Å². The highest BCUT2D eigenvalue weighted by Crippen LogP contribution is 2.84. The number of aliphatic hydroxyl groups excluding tert-OH is 1. The quantitative estimate of drug-likeness (QED) is 0.635. The lowest BCUT2D eigenvalue weighted by molar-refractivity contribution is -0.00400. The van der Waals surface area contributed by atoms with Crippen LogP contribution in [0.1, 0.15) is 19.3 Å². The van der Waals surface area contributed by atoms with Gasteiger partial charge in [-0.2, -0.15) is 0 Å². The molecule has 0 amide bonds. The Hall–Kier alpha value is -0.340. The molecular formula is C12H16O2. The summed E-state index contributed by atoms with van der Waals surface area (Å²) in [6.07, 6.45) is 7.98. The maximum atomic E-state index is 10.2.